The van der Waals surface area contributed by atoms with Crippen molar-refractivity contribution < 1.29 is 18.7 Å². The maximum Gasteiger partial charge on any atom is 0.325 e. The number of hydrogen-bond acceptors (Lipinski definition) is 4. The van der Waals surface area contributed by atoms with Crippen LogP contribution < -0.4 is 0 Å². The van der Waals surface area contributed by atoms with Crippen LogP contribution in [0.2, 0.25) is 0 Å². The zero-order valence-electron chi connectivity index (χ0n) is 11.6. The van der Waals surface area contributed by atoms with Crippen molar-refractivity contribution in [2.75, 3.05) is 26.0 Å². The predicted octanol–water partition coefficient (Wildman–Crippen LogP) is 2.08. The Hall–Kier alpha value is -1.56. The molecule has 1 aromatic rings. The fraction of sp³-hybridized carbons (Fsp3) is 0.429. The molecule has 0 bridgehead atoms. The van der Waals surface area contributed by atoms with Gasteiger partial charge in [0.05, 0.1) is 12.4 Å². The van der Waals surface area contributed by atoms with Crippen molar-refractivity contribution >= 4 is 23.6 Å². The van der Waals surface area contributed by atoms with Gasteiger partial charge in [0, 0.05) is 12.8 Å². The molecule has 0 unspecified atom stereocenters. The first kappa shape index (κ1) is 16.5. The third-order valence-electron chi connectivity index (χ3n) is 2.50. The summed E-state index contributed by atoms with van der Waals surface area (Å²) in [4.78, 5) is 24.3. The van der Waals surface area contributed by atoms with E-state index >= 15 is 0 Å². The van der Waals surface area contributed by atoms with Crippen LogP contribution in [-0.4, -0.2) is 42.7 Å². The van der Waals surface area contributed by atoms with Gasteiger partial charge < -0.3 is 9.64 Å². The molecule has 4 nitrogen and oxygen atoms in total. The Bertz CT molecular complexity index is 450. The highest BCUT2D eigenvalue weighted by Gasteiger charge is 2.13. The van der Waals surface area contributed by atoms with Crippen LogP contribution in [0.25, 0.3) is 0 Å². The molecular weight excluding hydrogens is 281 g/mol. The quantitative estimate of drug-likeness (QED) is 0.723. The number of likely N-dealkylation sites (N-methyl/N-ethyl adjacent to an activating group) is 1. The Labute approximate surface area is 122 Å². The van der Waals surface area contributed by atoms with Crippen molar-refractivity contribution in [2.24, 2.45) is 0 Å². The van der Waals surface area contributed by atoms with E-state index in [1.807, 2.05) is 0 Å². The lowest BCUT2D eigenvalue weighted by Crippen LogP contribution is -2.34. The van der Waals surface area contributed by atoms with Gasteiger partial charge in [-0.2, -0.15) is 0 Å². The second-order valence-corrected chi connectivity index (χ2v) is 5.16. The number of ether oxygens (including phenoxy) is 1. The molecule has 0 aliphatic rings. The highest BCUT2D eigenvalue weighted by molar-refractivity contribution is 7.99. The van der Waals surface area contributed by atoms with Gasteiger partial charge in [-0.1, -0.05) is 12.1 Å². The topological polar surface area (TPSA) is 46.6 Å². The molecule has 1 aromatic carbocycles. The Kier molecular flexibility index (Phi) is 7.08. The first-order valence-electron chi connectivity index (χ1n) is 6.24. The molecule has 0 atom stereocenters. The molecule has 0 aliphatic carbocycles. The summed E-state index contributed by atoms with van der Waals surface area (Å²) < 4.78 is 17.5. The fourth-order valence-electron chi connectivity index (χ4n) is 1.44. The summed E-state index contributed by atoms with van der Waals surface area (Å²) in [6.45, 7) is 1.99. The lowest BCUT2D eigenvalue weighted by molar-refractivity contribution is -0.147. The average molecular weight is 299 g/mol. The molecular formula is C14H18FNO3S. The van der Waals surface area contributed by atoms with Gasteiger partial charge >= 0.3 is 5.97 Å². The number of thioether (sulfide) groups is 1. The van der Waals surface area contributed by atoms with Crippen LogP contribution in [0.4, 0.5) is 4.39 Å². The molecule has 0 aromatic heterocycles. The molecule has 6 heteroatoms. The van der Waals surface area contributed by atoms with Crippen molar-refractivity contribution in [3.63, 3.8) is 0 Å². The number of carbonyl (C=O) groups is 2. The summed E-state index contributed by atoms with van der Waals surface area (Å²) in [6, 6.07) is 6.17. The molecule has 110 valence electrons. The lowest BCUT2D eigenvalue weighted by Gasteiger charge is -2.15. The molecule has 0 saturated heterocycles. The van der Waals surface area contributed by atoms with Crippen LogP contribution in [0.1, 0.15) is 12.5 Å². The van der Waals surface area contributed by atoms with Crippen molar-refractivity contribution in [3.05, 3.63) is 35.6 Å². The van der Waals surface area contributed by atoms with E-state index in [0.717, 1.165) is 5.56 Å². The highest BCUT2D eigenvalue weighted by Crippen LogP contribution is 2.13. The Balaban J connectivity index is 2.28. The third-order valence-corrected chi connectivity index (χ3v) is 3.49. The number of carbonyl (C=O) groups excluding carboxylic acids is 2. The van der Waals surface area contributed by atoms with Crippen molar-refractivity contribution in [2.45, 2.75) is 12.7 Å². The first-order chi connectivity index (χ1) is 9.52. The number of hydrogen-bond donors (Lipinski definition) is 0. The molecule has 1 amide bonds. The summed E-state index contributed by atoms with van der Waals surface area (Å²) in [6.07, 6.45) is 0. The molecule has 0 saturated carbocycles. The summed E-state index contributed by atoms with van der Waals surface area (Å²) in [5, 5.41) is 0. The molecule has 0 radical (unpaired) electrons. The van der Waals surface area contributed by atoms with E-state index in [1.54, 1.807) is 26.1 Å². The van der Waals surface area contributed by atoms with Crippen LogP contribution in [0.5, 0.6) is 0 Å². The summed E-state index contributed by atoms with van der Waals surface area (Å²) in [5.74, 6) is 0.0769. The van der Waals surface area contributed by atoms with Crippen molar-refractivity contribution in [1.29, 1.82) is 0 Å². The van der Waals surface area contributed by atoms with Crippen LogP contribution >= 0.6 is 11.8 Å². The van der Waals surface area contributed by atoms with Crippen molar-refractivity contribution in [3.8, 4) is 0 Å². The minimum atomic E-state index is -0.410. The zero-order valence-corrected chi connectivity index (χ0v) is 12.4. The number of nitrogens with zero attached hydrogens (tertiary/aromatic N) is 1. The molecule has 1 rings (SSSR count). The lowest BCUT2D eigenvalue weighted by atomic mass is 10.2. The molecule has 0 spiro atoms. The Morgan fingerprint density at radius 3 is 2.55 bits per heavy atom. The van der Waals surface area contributed by atoms with Crippen LogP contribution in [0.3, 0.4) is 0 Å². The van der Waals surface area contributed by atoms with Crippen LogP contribution in [0.15, 0.2) is 24.3 Å². The minimum Gasteiger partial charge on any atom is -0.465 e. The second-order valence-electron chi connectivity index (χ2n) is 4.17. The van der Waals surface area contributed by atoms with Gasteiger partial charge in [-0.25, -0.2) is 4.39 Å². The SMILES string of the molecule is CCOC(=O)CN(C)C(=O)CSCc1ccc(F)cc1. The maximum atomic E-state index is 12.7. The summed E-state index contributed by atoms with van der Waals surface area (Å²) in [5.41, 5.74) is 0.956. The number of rotatable bonds is 7. The molecule has 0 heterocycles. The summed E-state index contributed by atoms with van der Waals surface area (Å²) in [7, 11) is 1.57. The molecule has 0 fully saturated rings. The number of amides is 1. The number of esters is 1. The second kappa shape index (κ2) is 8.58. The summed E-state index contributed by atoms with van der Waals surface area (Å²) >= 11 is 1.42. The Morgan fingerprint density at radius 1 is 1.30 bits per heavy atom. The van der Waals surface area contributed by atoms with E-state index in [-0.39, 0.29) is 24.0 Å². The monoisotopic (exact) mass is 299 g/mol. The normalized spacial score (nSPS) is 10.2. The fourth-order valence-corrected chi connectivity index (χ4v) is 2.36. The highest BCUT2D eigenvalue weighted by atomic mass is 32.2. The van der Waals surface area contributed by atoms with Crippen LogP contribution in [-0.2, 0) is 20.1 Å². The standard InChI is InChI=1S/C14H18FNO3S/c1-3-19-14(18)8-16(2)13(17)10-20-9-11-4-6-12(15)7-5-11/h4-7H,3,8-10H2,1-2H3. The van der Waals surface area contributed by atoms with E-state index in [9.17, 15) is 14.0 Å². The molecule has 20 heavy (non-hydrogen) atoms. The molecule has 0 aliphatic heterocycles. The van der Waals surface area contributed by atoms with E-state index in [0.29, 0.717) is 12.4 Å². The van der Waals surface area contributed by atoms with Gasteiger partial charge in [0.25, 0.3) is 0 Å². The van der Waals surface area contributed by atoms with E-state index in [4.69, 9.17) is 4.74 Å². The zero-order chi connectivity index (χ0) is 15.0. The first-order valence-corrected chi connectivity index (χ1v) is 7.40. The van der Waals surface area contributed by atoms with Gasteiger partial charge in [-0.3, -0.25) is 9.59 Å². The minimum absolute atomic E-state index is 0.0379. The predicted molar refractivity (Wildman–Crippen MR) is 76.8 cm³/mol. The third kappa shape index (κ3) is 6.06. The van der Waals surface area contributed by atoms with Crippen molar-refractivity contribution in [1.82, 2.24) is 4.90 Å². The van der Waals surface area contributed by atoms with E-state index in [1.165, 1.54) is 28.8 Å². The van der Waals surface area contributed by atoms with Gasteiger partial charge in [0.2, 0.25) is 5.91 Å². The number of halogens is 1. The van der Waals surface area contributed by atoms with Gasteiger partial charge in [0.15, 0.2) is 0 Å². The Morgan fingerprint density at radius 2 is 1.95 bits per heavy atom. The largest absolute Gasteiger partial charge is 0.465 e. The van der Waals surface area contributed by atoms with E-state index < -0.39 is 5.97 Å². The molecule has 0 N–H and O–H groups in total. The maximum absolute atomic E-state index is 12.7. The van der Waals surface area contributed by atoms with Crippen LogP contribution in [0, 0.1) is 5.82 Å². The smallest absolute Gasteiger partial charge is 0.325 e. The van der Waals surface area contributed by atoms with Gasteiger partial charge in [0.1, 0.15) is 12.4 Å². The van der Waals surface area contributed by atoms with E-state index in [2.05, 4.69) is 0 Å². The average Bonchev–Trinajstić information content (AvgIpc) is 2.41. The van der Waals surface area contributed by atoms with Gasteiger partial charge in [-0.15, -0.1) is 11.8 Å². The number of benzene rings is 1. The van der Waals surface area contributed by atoms with Gasteiger partial charge in [-0.05, 0) is 24.6 Å².